The van der Waals surface area contributed by atoms with Gasteiger partial charge in [0, 0.05) is 34.7 Å². The van der Waals surface area contributed by atoms with E-state index in [9.17, 15) is 19.2 Å². The van der Waals surface area contributed by atoms with Crippen molar-refractivity contribution in [2.75, 3.05) is 20.8 Å². The first kappa shape index (κ1) is 30.0. The predicted molar refractivity (Wildman–Crippen MR) is 157 cm³/mol. The number of rotatable bonds is 14. The van der Waals surface area contributed by atoms with Crippen LogP contribution in [0.25, 0.3) is 20.2 Å². The zero-order chi connectivity index (χ0) is 29.8. The number of benzene rings is 2. The van der Waals surface area contributed by atoms with Gasteiger partial charge in [0.2, 0.25) is 0 Å². The molecule has 2 aromatic heterocycles. The maximum atomic E-state index is 12.6. The molecule has 2 heterocycles. The van der Waals surface area contributed by atoms with Gasteiger partial charge in [0.1, 0.15) is 5.75 Å². The summed E-state index contributed by atoms with van der Waals surface area (Å²) in [6, 6.07) is 10.9. The number of carboxylic acids is 2. The van der Waals surface area contributed by atoms with Crippen LogP contribution in [-0.4, -0.2) is 54.5 Å². The van der Waals surface area contributed by atoms with E-state index in [4.69, 9.17) is 24.4 Å². The van der Waals surface area contributed by atoms with Crippen molar-refractivity contribution in [3.63, 3.8) is 0 Å². The molecule has 0 aliphatic heterocycles. The Hall–Kier alpha value is -3.96. The SMILES string of the molecule is COc1cc2sc(C(=O)C[C@H](C)C(=O)O)cc2cc1CCOc1cc2cc(C(=O)C[C@H](C)C(=O)O)sc2cc1OC. The molecule has 11 heteroatoms. The van der Waals surface area contributed by atoms with Gasteiger partial charge in [0.05, 0.1) is 42.4 Å². The number of Topliss-reactive ketones (excluding diaryl/α,β-unsaturated/α-hetero) is 2. The van der Waals surface area contributed by atoms with Crippen molar-refractivity contribution in [3.8, 4) is 17.2 Å². The van der Waals surface area contributed by atoms with E-state index in [1.54, 1.807) is 31.4 Å². The van der Waals surface area contributed by atoms with E-state index in [2.05, 4.69) is 0 Å². The molecule has 0 spiro atoms. The third-order valence-corrected chi connectivity index (χ3v) is 9.00. The molecule has 9 nitrogen and oxygen atoms in total. The van der Waals surface area contributed by atoms with Crippen molar-refractivity contribution in [1.29, 1.82) is 0 Å². The number of ether oxygens (including phenoxy) is 3. The average Bonchev–Trinajstić information content (AvgIpc) is 3.55. The van der Waals surface area contributed by atoms with Gasteiger partial charge in [-0.05, 0) is 46.7 Å². The number of hydrogen-bond donors (Lipinski definition) is 2. The maximum absolute atomic E-state index is 12.6. The summed E-state index contributed by atoms with van der Waals surface area (Å²) in [5, 5.41) is 19.9. The van der Waals surface area contributed by atoms with E-state index in [-0.39, 0.29) is 24.4 Å². The molecule has 0 radical (unpaired) electrons. The van der Waals surface area contributed by atoms with Crippen LogP contribution in [0.15, 0.2) is 36.4 Å². The van der Waals surface area contributed by atoms with Gasteiger partial charge in [0.25, 0.3) is 0 Å². The summed E-state index contributed by atoms with van der Waals surface area (Å²) in [4.78, 5) is 48.5. The van der Waals surface area contributed by atoms with Crippen LogP contribution in [0.3, 0.4) is 0 Å². The first-order valence-corrected chi connectivity index (χ1v) is 14.5. The fourth-order valence-electron chi connectivity index (χ4n) is 4.30. The third-order valence-electron chi connectivity index (χ3n) is 6.73. The van der Waals surface area contributed by atoms with Gasteiger partial charge in [-0.1, -0.05) is 13.8 Å². The minimum absolute atomic E-state index is 0.0621. The molecule has 2 N–H and O–H groups in total. The number of carbonyl (C=O) groups excluding carboxylic acids is 2. The van der Waals surface area contributed by atoms with Crippen molar-refractivity contribution in [3.05, 3.63) is 51.7 Å². The fraction of sp³-hybridized carbons (Fsp3) is 0.333. The Balaban J connectivity index is 1.50. The van der Waals surface area contributed by atoms with Gasteiger partial charge >= 0.3 is 11.9 Å². The Kier molecular flexibility index (Phi) is 9.29. The predicted octanol–water partition coefficient (Wildman–Crippen LogP) is 6.34. The lowest BCUT2D eigenvalue weighted by molar-refractivity contribution is -0.141. The highest BCUT2D eigenvalue weighted by molar-refractivity contribution is 7.21. The van der Waals surface area contributed by atoms with E-state index < -0.39 is 23.8 Å². The van der Waals surface area contributed by atoms with Gasteiger partial charge in [-0.3, -0.25) is 19.2 Å². The Labute approximate surface area is 244 Å². The highest BCUT2D eigenvalue weighted by atomic mass is 32.1. The zero-order valence-corrected chi connectivity index (χ0v) is 24.6. The van der Waals surface area contributed by atoms with Crippen molar-refractivity contribution < 1.29 is 43.6 Å². The molecule has 216 valence electrons. The molecular formula is C30H30O9S2. The smallest absolute Gasteiger partial charge is 0.306 e. The molecule has 0 saturated carbocycles. The quantitative estimate of drug-likeness (QED) is 0.159. The molecular weight excluding hydrogens is 568 g/mol. The lowest BCUT2D eigenvalue weighted by atomic mass is 10.0. The molecule has 0 aliphatic carbocycles. The van der Waals surface area contributed by atoms with E-state index >= 15 is 0 Å². The summed E-state index contributed by atoms with van der Waals surface area (Å²) in [5.74, 6) is -2.29. The molecule has 2 aromatic carbocycles. The van der Waals surface area contributed by atoms with Crippen LogP contribution in [0.2, 0.25) is 0 Å². The van der Waals surface area contributed by atoms with E-state index in [1.165, 1.54) is 43.6 Å². The number of carboxylic acid groups (broad SMARTS) is 2. The molecule has 41 heavy (non-hydrogen) atoms. The van der Waals surface area contributed by atoms with E-state index in [0.29, 0.717) is 40.0 Å². The van der Waals surface area contributed by atoms with Crippen molar-refractivity contribution in [2.24, 2.45) is 11.8 Å². The number of fused-ring (bicyclic) bond motifs is 2. The Morgan fingerprint density at radius 3 is 1.68 bits per heavy atom. The molecule has 0 aliphatic rings. The Morgan fingerprint density at radius 2 is 1.20 bits per heavy atom. The zero-order valence-electron chi connectivity index (χ0n) is 23.0. The first-order chi connectivity index (χ1) is 19.5. The maximum Gasteiger partial charge on any atom is 0.306 e. The van der Waals surface area contributed by atoms with Crippen molar-refractivity contribution in [2.45, 2.75) is 33.1 Å². The third kappa shape index (κ3) is 6.86. The lowest BCUT2D eigenvalue weighted by Crippen LogP contribution is -2.13. The number of carbonyl (C=O) groups is 4. The van der Waals surface area contributed by atoms with Gasteiger partial charge in [-0.25, -0.2) is 0 Å². The topological polar surface area (TPSA) is 136 Å². The van der Waals surface area contributed by atoms with Crippen LogP contribution in [-0.2, 0) is 16.0 Å². The molecule has 0 bridgehead atoms. The first-order valence-electron chi connectivity index (χ1n) is 12.9. The second-order valence-electron chi connectivity index (χ2n) is 9.80. The molecule has 0 saturated heterocycles. The highest BCUT2D eigenvalue weighted by Gasteiger charge is 2.21. The normalized spacial score (nSPS) is 12.7. The largest absolute Gasteiger partial charge is 0.496 e. The number of aliphatic carboxylic acids is 2. The van der Waals surface area contributed by atoms with Gasteiger partial charge in [0.15, 0.2) is 23.1 Å². The molecule has 0 amide bonds. The monoisotopic (exact) mass is 598 g/mol. The van der Waals surface area contributed by atoms with Crippen LogP contribution >= 0.6 is 22.7 Å². The molecule has 0 unspecified atom stereocenters. The average molecular weight is 599 g/mol. The Morgan fingerprint density at radius 1 is 0.707 bits per heavy atom. The number of ketones is 2. The van der Waals surface area contributed by atoms with Gasteiger partial charge in [-0.2, -0.15) is 0 Å². The van der Waals surface area contributed by atoms with Crippen molar-refractivity contribution in [1.82, 2.24) is 0 Å². The summed E-state index contributed by atoms with van der Waals surface area (Å²) < 4.78 is 18.9. The summed E-state index contributed by atoms with van der Waals surface area (Å²) in [7, 11) is 3.11. The fourth-order valence-corrected chi connectivity index (χ4v) is 6.34. The van der Waals surface area contributed by atoms with Gasteiger partial charge in [-0.15, -0.1) is 22.7 Å². The summed E-state index contributed by atoms with van der Waals surface area (Å²) >= 11 is 2.60. The van der Waals surface area contributed by atoms with Crippen LogP contribution in [0, 0.1) is 11.8 Å². The standard InChI is InChI=1S/C30H30O9S2/c1-15(29(33)34)7-20(31)27-11-18-9-17(22(37-3)13-25(18)40-27)5-6-39-24-10-19-12-28(21(32)8-16(2)30(35)36)41-26(19)14-23(24)38-4/h9-16H,5-8H2,1-4H3,(H,33,34)(H,35,36)/t15-,16-/m0/s1. The second kappa shape index (κ2) is 12.7. The minimum atomic E-state index is -1.01. The van der Waals surface area contributed by atoms with E-state index in [1.807, 2.05) is 12.1 Å². The lowest BCUT2D eigenvalue weighted by Gasteiger charge is -2.13. The summed E-state index contributed by atoms with van der Waals surface area (Å²) in [6.07, 6.45) is 0.361. The number of hydrogen-bond acceptors (Lipinski definition) is 9. The van der Waals surface area contributed by atoms with E-state index in [0.717, 1.165) is 25.7 Å². The van der Waals surface area contributed by atoms with Crippen LogP contribution in [0.5, 0.6) is 17.2 Å². The minimum Gasteiger partial charge on any atom is -0.496 e. The van der Waals surface area contributed by atoms with Crippen LogP contribution in [0.4, 0.5) is 0 Å². The molecule has 4 rings (SSSR count). The molecule has 2 atom stereocenters. The summed E-state index contributed by atoms with van der Waals surface area (Å²) in [6.45, 7) is 3.32. The van der Waals surface area contributed by atoms with Crippen molar-refractivity contribution >= 4 is 66.4 Å². The highest BCUT2D eigenvalue weighted by Crippen LogP contribution is 2.38. The van der Waals surface area contributed by atoms with Gasteiger partial charge < -0.3 is 24.4 Å². The summed E-state index contributed by atoms with van der Waals surface area (Å²) in [5.41, 5.74) is 0.881. The van der Waals surface area contributed by atoms with Crippen LogP contribution < -0.4 is 14.2 Å². The second-order valence-corrected chi connectivity index (χ2v) is 12.0. The Bertz CT molecular complexity index is 1510. The number of methoxy groups -OCH3 is 2. The number of thiophene rings is 2. The molecule has 0 fully saturated rings. The molecule has 4 aromatic rings. The van der Waals surface area contributed by atoms with Crippen LogP contribution in [0.1, 0.15) is 51.6 Å².